The summed E-state index contributed by atoms with van der Waals surface area (Å²) < 4.78 is 10.8. The van der Waals surface area contributed by atoms with E-state index in [-0.39, 0.29) is 11.9 Å². The topological polar surface area (TPSA) is 72.6 Å². The molecule has 0 radical (unpaired) electrons. The molecule has 2 rings (SSSR count). The Balaban J connectivity index is 1.95. The van der Waals surface area contributed by atoms with E-state index in [4.69, 9.17) is 14.3 Å². The van der Waals surface area contributed by atoms with E-state index in [0.29, 0.717) is 12.4 Å². The number of hydrogen-bond acceptors (Lipinski definition) is 4. The van der Waals surface area contributed by atoms with Gasteiger partial charge in [-0.3, -0.25) is 4.98 Å². The third-order valence-corrected chi connectivity index (χ3v) is 2.49. The minimum absolute atomic E-state index is 0.0793. The number of carboxylic acids is 1. The van der Waals surface area contributed by atoms with Crippen LogP contribution in [0, 0.1) is 0 Å². The van der Waals surface area contributed by atoms with E-state index in [2.05, 4.69) is 4.98 Å². The van der Waals surface area contributed by atoms with Crippen molar-refractivity contribution in [3.05, 3.63) is 53.7 Å². The number of carbonyl (C=O) groups is 1. The van der Waals surface area contributed by atoms with Crippen molar-refractivity contribution in [2.75, 3.05) is 0 Å². The van der Waals surface area contributed by atoms with E-state index in [1.54, 1.807) is 18.5 Å². The molecule has 0 aliphatic rings. The van der Waals surface area contributed by atoms with Gasteiger partial charge in [0, 0.05) is 12.4 Å². The van der Waals surface area contributed by atoms with Gasteiger partial charge in [0.15, 0.2) is 0 Å². The largest absolute Gasteiger partial charge is 0.475 e. The lowest BCUT2D eigenvalue weighted by molar-refractivity contribution is 0.0360. The van der Waals surface area contributed by atoms with Gasteiger partial charge in [-0.15, -0.1) is 0 Å². The molecule has 0 fully saturated rings. The van der Waals surface area contributed by atoms with Crippen molar-refractivity contribution in [1.82, 2.24) is 4.98 Å². The van der Waals surface area contributed by atoms with Gasteiger partial charge in [-0.05, 0) is 36.8 Å². The molecule has 0 bridgehead atoms. The van der Waals surface area contributed by atoms with Crippen LogP contribution in [0.25, 0.3) is 0 Å². The van der Waals surface area contributed by atoms with Crippen LogP contribution in [0.5, 0.6) is 0 Å². The molecular formula is C13H13NO4. The summed E-state index contributed by atoms with van der Waals surface area (Å²) in [5, 5.41) is 8.75. The second-order valence-corrected chi connectivity index (χ2v) is 3.82. The third kappa shape index (κ3) is 2.95. The maximum absolute atomic E-state index is 10.7. The molecule has 1 atom stereocenters. The number of furan rings is 1. The Morgan fingerprint density at radius 2 is 2.11 bits per heavy atom. The Bertz CT molecular complexity index is 521. The van der Waals surface area contributed by atoms with Crippen LogP contribution in [0.3, 0.4) is 0 Å². The van der Waals surface area contributed by atoms with Crippen LogP contribution in [0.2, 0.25) is 0 Å². The third-order valence-electron chi connectivity index (χ3n) is 2.49. The van der Waals surface area contributed by atoms with Gasteiger partial charge in [0.1, 0.15) is 11.9 Å². The molecule has 0 spiro atoms. The lowest BCUT2D eigenvalue weighted by Gasteiger charge is -2.10. The lowest BCUT2D eigenvalue weighted by Crippen LogP contribution is -1.99. The van der Waals surface area contributed by atoms with Gasteiger partial charge >= 0.3 is 5.97 Å². The number of carboxylic acid groups (broad SMARTS) is 1. The van der Waals surface area contributed by atoms with E-state index in [1.165, 1.54) is 6.07 Å². The van der Waals surface area contributed by atoms with Crippen LogP contribution in [0.15, 0.2) is 41.1 Å². The van der Waals surface area contributed by atoms with Gasteiger partial charge in [-0.25, -0.2) is 4.79 Å². The highest BCUT2D eigenvalue weighted by Crippen LogP contribution is 2.21. The number of aromatic carboxylic acids is 1. The molecule has 5 heteroatoms. The number of rotatable bonds is 5. The highest BCUT2D eigenvalue weighted by atomic mass is 16.5. The van der Waals surface area contributed by atoms with E-state index < -0.39 is 5.97 Å². The first-order valence-electron chi connectivity index (χ1n) is 5.50. The fourth-order valence-corrected chi connectivity index (χ4v) is 1.47. The molecule has 0 saturated heterocycles. The van der Waals surface area contributed by atoms with Crippen molar-refractivity contribution in [3.8, 4) is 0 Å². The van der Waals surface area contributed by atoms with Crippen LogP contribution in [0.1, 0.15) is 34.9 Å². The molecule has 0 amide bonds. The molecule has 0 aliphatic heterocycles. The first-order valence-corrected chi connectivity index (χ1v) is 5.50. The Labute approximate surface area is 104 Å². The van der Waals surface area contributed by atoms with Crippen LogP contribution < -0.4 is 0 Å². The fourth-order valence-electron chi connectivity index (χ4n) is 1.47. The molecule has 2 heterocycles. The predicted octanol–water partition coefficient (Wildman–Crippen LogP) is 2.65. The Kier molecular flexibility index (Phi) is 3.74. The zero-order chi connectivity index (χ0) is 13.0. The minimum Gasteiger partial charge on any atom is -0.475 e. The molecule has 18 heavy (non-hydrogen) atoms. The monoisotopic (exact) mass is 247 g/mol. The fraction of sp³-hybridized carbons (Fsp3) is 0.231. The second-order valence-electron chi connectivity index (χ2n) is 3.82. The number of pyridine rings is 1. The first kappa shape index (κ1) is 12.3. The molecule has 0 saturated carbocycles. The SMILES string of the molecule is CC(OCc1ccncc1)c1ccc(C(=O)O)o1. The van der Waals surface area contributed by atoms with Crippen LogP contribution in [0.4, 0.5) is 0 Å². The number of ether oxygens (including phenoxy) is 1. The molecule has 0 aliphatic carbocycles. The normalized spacial score (nSPS) is 12.3. The van der Waals surface area contributed by atoms with Gasteiger partial charge in [0.25, 0.3) is 0 Å². The van der Waals surface area contributed by atoms with E-state index >= 15 is 0 Å². The zero-order valence-electron chi connectivity index (χ0n) is 9.87. The van der Waals surface area contributed by atoms with Crippen molar-refractivity contribution in [2.24, 2.45) is 0 Å². The zero-order valence-corrected chi connectivity index (χ0v) is 9.87. The number of aromatic nitrogens is 1. The van der Waals surface area contributed by atoms with Crippen LogP contribution in [-0.4, -0.2) is 16.1 Å². The van der Waals surface area contributed by atoms with Gasteiger partial charge in [0.2, 0.25) is 5.76 Å². The summed E-state index contributed by atoms with van der Waals surface area (Å²) in [7, 11) is 0. The van der Waals surface area contributed by atoms with Crippen molar-refractivity contribution in [1.29, 1.82) is 0 Å². The van der Waals surface area contributed by atoms with Crippen molar-refractivity contribution < 1.29 is 19.1 Å². The molecule has 5 nitrogen and oxygen atoms in total. The number of hydrogen-bond donors (Lipinski definition) is 1. The smallest absolute Gasteiger partial charge is 0.371 e. The summed E-state index contributed by atoms with van der Waals surface area (Å²) >= 11 is 0. The highest BCUT2D eigenvalue weighted by molar-refractivity contribution is 5.84. The maximum atomic E-state index is 10.7. The van der Waals surface area contributed by atoms with Crippen molar-refractivity contribution in [3.63, 3.8) is 0 Å². The summed E-state index contributed by atoms with van der Waals surface area (Å²) in [5.41, 5.74) is 1.00. The first-order chi connectivity index (χ1) is 8.66. The molecule has 2 aromatic rings. The van der Waals surface area contributed by atoms with Crippen molar-refractivity contribution >= 4 is 5.97 Å². The van der Waals surface area contributed by atoms with Crippen LogP contribution in [-0.2, 0) is 11.3 Å². The van der Waals surface area contributed by atoms with Gasteiger partial charge in [-0.2, -0.15) is 0 Å². The molecule has 1 N–H and O–H groups in total. The Morgan fingerprint density at radius 3 is 2.72 bits per heavy atom. The molecule has 94 valence electrons. The Morgan fingerprint density at radius 1 is 1.39 bits per heavy atom. The predicted molar refractivity (Wildman–Crippen MR) is 63.1 cm³/mol. The second kappa shape index (κ2) is 5.46. The highest BCUT2D eigenvalue weighted by Gasteiger charge is 2.14. The van der Waals surface area contributed by atoms with E-state index in [1.807, 2.05) is 19.1 Å². The number of nitrogens with zero attached hydrogens (tertiary/aromatic N) is 1. The molecule has 0 aromatic carbocycles. The summed E-state index contributed by atoms with van der Waals surface area (Å²) in [6.45, 7) is 2.23. The lowest BCUT2D eigenvalue weighted by atomic mass is 10.3. The summed E-state index contributed by atoms with van der Waals surface area (Å²) in [4.78, 5) is 14.6. The summed E-state index contributed by atoms with van der Waals surface area (Å²) in [6, 6.07) is 6.75. The maximum Gasteiger partial charge on any atom is 0.371 e. The molecule has 2 aromatic heterocycles. The average molecular weight is 247 g/mol. The van der Waals surface area contributed by atoms with Crippen LogP contribution >= 0.6 is 0 Å². The molecular weight excluding hydrogens is 234 g/mol. The van der Waals surface area contributed by atoms with Gasteiger partial charge in [0.05, 0.1) is 6.61 Å². The Hall–Kier alpha value is -2.14. The summed E-state index contributed by atoms with van der Waals surface area (Å²) in [5.74, 6) is -0.659. The van der Waals surface area contributed by atoms with Gasteiger partial charge in [-0.1, -0.05) is 0 Å². The summed E-state index contributed by atoms with van der Waals surface area (Å²) in [6.07, 6.45) is 3.09. The van der Waals surface area contributed by atoms with E-state index in [0.717, 1.165) is 5.56 Å². The average Bonchev–Trinajstić information content (AvgIpc) is 2.87. The molecule has 1 unspecified atom stereocenters. The quantitative estimate of drug-likeness (QED) is 0.879. The minimum atomic E-state index is -1.08. The van der Waals surface area contributed by atoms with E-state index in [9.17, 15) is 4.79 Å². The van der Waals surface area contributed by atoms with Crippen molar-refractivity contribution in [2.45, 2.75) is 19.6 Å². The van der Waals surface area contributed by atoms with Gasteiger partial charge < -0.3 is 14.3 Å². The standard InChI is InChI=1S/C13H13NO4/c1-9(11-2-3-12(18-11)13(15)16)17-8-10-4-6-14-7-5-10/h2-7,9H,8H2,1H3,(H,15,16).